The zero-order valence-electron chi connectivity index (χ0n) is 14.0. The molecule has 0 spiro atoms. The van der Waals surface area contributed by atoms with Gasteiger partial charge in [-0.25, -0.2) is 0 Å². The summed E-state index contributed by atoms with van der Waals surface area (Å²) in [4.78, 5) is 0. The Bertz CT molecular complexity index is 134. The van der Waals surface area contributed by atoms with E-state index in [1.165, 1.54) is 103 Å². The number of hydrogen-bond donors (Lipinski definition) is 1. The predicted octanol–water partition coefficient (Wildman–Crippen LogP) is 5.83. The molecule has 0 rings (SSSR count). The number of nitrogens with two attached hydrogens (primary N) is 1. The summed E-state index contributed by atoms with van der Waals surface area (Å²) >= 11 is 0. The van der Waals surface area contributed by atoms with Crippen LogP contribution < -0.4 is 5.73 Å². The Morgan fingerprint density at radius 3 is 0.950 bits per heavy atom. The molecule has 0 atom stereocenters. The van der Waals surface area contributed by atoms with E-state index in [-0.39, 0.29) is 17.1 Å². The maximum Gasteiger partial charge on any atom is 0 e. The van der Waals surface area contributed by atoms with E-state index in [2.05, 4.69) is 6.92 Å². The molecule has 2 heteroatoms. The van der Waals surface area contributed by atoms with E-state index in [9.17, 15) is 0 Å². The first-order chi connectivity index (χ1) is 9.41. The van der Waals surface area contributed by atoms with Gasteiger partial charge in [-0.15, -0.1) is 0 Å². The van der Waals surface area contributed by atoms with Crippen molar-refractivity contribution in [1.82, 2.24) is 0 Å². The van der Waals surface area contributed by atoms with E-state index in [1.54, 1.807) is 0 Å². The summed E-state index contributed by atoms with van der Waals surface area (Å²) in [6.07, 6.45) is 22.9. The van der Waals surface area contributed by atoms with Crippen LogP contribution in [-0.2, 0) is 0 Å². The van der Waals surface area contributed by atoms with Crippen molar-refractivity contribution in [2.45, 2.75) is 110 Å². The van der Waals surface area contributed by atoms with Gasteiger partial charge in [-0.3, -0.25) is 0 Å². The molecule has 0 fully saturated rings. The Morgan fingerprint density at radius 2 is 0.700 bits per heavy atom. The van der Waals surface area contributed by atoms with Crippen LogP contribution in [0.3, 0.4) is 0 Å². The van der Waals surface area contributed by atoms with Gasteiger partial charge in [0.15, 0.2) is 0 Å². The van der Waals surface area contributed by atoms with Crippen molar-refractivity contribution in [3.8, 4) is 0 Å². The Kier molecular flexibility index (Phi) is 24.8. The van der Waals surface area contributed by atoms with Crippen molar-refractivity contribution in [3.63, 3.8) is 0 Å². The second kappa shape index (κ2) is 21.8. The SMILES string of the molecule is CCCCCCCCCCCCCCCCCCN.[Se]. The fourth-order valence-electron chi connectivity index (χ4n) is 2.69. The summed E-state index contributed by atoms with van der Waals surface area (Å²) in [5.74, 6) is 0. The van der Waals surface area contributed by atoms with Gasteiger partial charge in [0.1, 0.15) is 0 Å². The summed E-state index contributed by atoms with van der Waals surface area (Å²) in [7, 11) is 0. The molecule has 0 heterocycles. The molecule has 0 aliphatic carbocycles. The van der Waals surface area contributed by atoms with Crippen molar-refractivity contribution in [1.29, 1.82) is 0 Å². The monoisotopic (exact) mass is 349 g/mol. The van der Waals surface area contributed by atoms with Crippen LogP contribution in [-0.4, -0.2) is 23.6 Å². The zero-order valence-corrected chi connectivity index (χ0v) is 15.7. The summed E-state index contributed by atoms with van der Waals surface area (Å²) < 4.78 is 0. The standard InChI is InChI=1S/C18H39N.Se/c1-2-3-4-5-6-7-8-9-10-11-12-13-14-15-16-17-18-19;/h2-19H2,1H3;. The molecule has 0 saturated carbocycles. The van der Waals surface area contributed by atoms with Crippen LogP contribution in [0.4, 0.5) is 0 Å². The molecule has 0 amide bonds. The van der Waals surface area contributed by atoms with Gasteiger partial charge in [0.2, 0.25) is 0 Å². The summed E-state index contributed by atoms with van der Waals surface area (Å²) in [6, 6.07) is 0. The molecule has 2 N–H and O–H groups in total. The average Bonchev–Trinajstić information content (AvgIpc) is 2.43. The van der Waals surface area contributed by atoms with E-state index in [1.807, 2.05) is 0 Å². The normalized spacial score (nSPS) is 10.5. The van der Waals surface area contributed by atoms with Crippen LogP contribution in [0, 0.1) is 0 Å². The van der Waals surface area contributed by atoms with E-state index in [4.69, 9.17) is 5.73 Å². The predicted molar refractivity (Wildman–Crippen MR) is 94.4 cm³/mol. The van der Waals surface area contributed by atoms with Crippen molar-refractivity contribution in [3.05, 3.63) is 0 Å². The third-order valence-corrected chi connectivity index (χ3v) is 4.06. The quantitative estimate of drug-likeness (QED) is 0.276. The molecule has 0 unspecified atom stereocenters. The molecule has 0 bridgehead atoms. The van der Waals surface area contributed by atoms with E-state index < -0.39 is 0 Å². The molecule has 0 saturated heterocycles. The molecular weight excluding hydrogens is 309 g/mol. The summed E-state index contributed by atoms with van der Waals surface area (Å²) in [6.45, 7) is 3.16. The minimum absolute atomic E-state index is 0. The molecular formula is C18H39NSe. The molecule has 0 aromatic heterocycles. The maximum atomic E-state index is 5.48. The molecule has 0 aromatic rings. The van der Waals surface area contributed by atoms with Crippen LogP contribution >= 0.6 is 0 Å². The first kappa shape index (κ1) is 22.8. The van der Waals surface area contributed by atoms with Gasteiger partial charge in [0.05, 0.1) is 0 Å². The Morgan fingerprint density at radius 1 is 0.450 bits per heavy atom. The van der Waals surface area contributed by atoms with Crippen molar-refractivity contribution in [2.75, 3.05) is 6.54 Å². The van der Waals surface area contributed by atoms with Gasteiger partial charge in [-0.05, 0) is 13.0 Å². The smallest absolute Gasteiger partial charge is 0 e. The molecule has 20 heavy (non-hydrogen) atoms. The topological polar surface area (TPSA) is 26.0 Å². The number of unbranched alkanes of at least 4 members (excludes halogenated alkanes) is 15. The van der Waals surface area contributed by atoms with Crippen LogP contribution in [0.25, 0.3) is 0 Å². The van der Waals surface area contributed by atoms with Crippen molar-refractivity contribution >= 4 is 17.1 Å². The van der Waals surface area contributed by atoms with Crippen molar-refractivity contribution < 1.29 is 0 Å². The minimum atomic E-state index is 0. The first-order valence-corrected chi connectivity index (χ1v) is 9.12. The van der Waals surface area contributed by atoms with E-state index >= 15 is 0 Å². The minimum Gasteiger partial charge on any atom is -0.330 e. The molecule has 0 aliphatic rings. The van der Waals surface area contributed by atoms with Gasteiger partial charge in [-0.2, -0.15) is 0 Å². The summed E-state index contributed by atoms with van der Waals surface area (Å²) in [5, 5.41) is 0. The van der Waals surface area contributed by atoms with E-state index in [0.29, 0.717) is 0 Å². The van der Waals surface area contributed by atoms with Crippen LogP contribution in [0.15, 0.2) is 0 Å². The number of rotatable bonds is 16. The second-order valence-electron chi connectivity index (χ2n) is 6.09. The van der Waals surface area contributed by atoms with Gasteiger partial charge in [-0.1, -0.05) is 103 Å². The van der Waals surface area contributed by atoms with Gasteiger partial charge in [0, 0.05) is 17.1 Å². The first-order valence-electron chi connectivity index (χ1n) is 9.12. The van der Waals surface area contributed by atoms with Crippen LogP contribution in [0.1, 0.15) is 110 Å². The number of hydrogen-bond acceptors (Lipinski definition) is 1. The second-order valence-corrected chi connectivity index (χ2v) is 6.09. The Labute approximate surface area is 139 Å². The average molecular weight is 348 g/mol. The van der Waals surface area contributed by atoms with Crippen LogP contribution in [0.2, 0.25) is 0 Å². The molecule has 0 aliphatic heterocycles. The van der Waals surface area contributed by atoms with Crippen LogP contribution in [0.5, 0.6) is 0 Å². The fourth-order valence-corrected chi connectivity index (χ4v) is 2.69. The molecule has 2 radical (unpaired) electrons. The van der Waals surface area contributed by atoms with Gasteiger partial charge in [0.25, 0.3) is 0 Å². The molecule has 0 aromatic carbocycles. The van der Waals surface area contributed by atoms with Gasteiger partial charge < -0.3 is 5.73 Å². The molecule has 122 valence electrons. The fraction of sp³-hybridized carbons (Fsp3) is 1.00. The van der Waals surface area contributed by atoms with E-state index in [0.717, 1.165) is 6.54 Å². The largest absolute Gasteiger partial charge is 0.330 e. The van der Waals surface area contributed by atoms with Gasteiger partial charge >= 0.3 is 0 Å². The zero-order chi connectivity index (χ0) is 14.0. The third-order valence-electron chi connectivity index (χ3n) is 4.06. The Balaban J connectivity index is 0. The summed E-state index contributed by atoms with van der Waals surface area (Å²) in [5.41, 5.74) is 5.48. The maximum absolute atomic E-state index is 5.48. The molecule has 1 nitrogen and oxygen atoms in total. The third kappa shape index (κ3) is 20.8. The van der Waals surface area contributed by atoms with Crippen molar-refractivity contribution in [2.24, 2.45) is 5.73 Å². The Hall–Kier alpha value is 0.479.